The highest BCUT2D eigenvalue weighted by molar-refractivity contribution is 5.26. The first-order chi connectivity index (χ1) is 16.2. The zero-order valence-electron chi connectivity index (χ0n) is 21.0. The zero-order chi connectivity index (χ0) is 23.3. The lowest BCUT2D eigenvalue weighted by Gasteiger charge is -2.30. The molecule has 182 valence electrons. The number of aryl methyl sites for hydroxylation is 1. The minimum Gasteiger partial charge on any atom is -0.195 e. The molecule has 0 atom stereocenters. The van der Waals surface area contributed by atoms with E-state index in [0.29, 0.717) is 0 Å². The van der Waals surface area contributed by atoms with Gasteiger partial charge in [-0.05, 0) is 92.2 Å². The maximum absolute atomic E-state index is 12.9. The predicted octanol–water partition coefficient (Wildman–Crippen LogP) is 9.83. The molecular weight excluding hydrogens is 405 g/mol. The van der Waals surface area contributed by atoms with E-state index in [-0.39, 0.29) is 0 Å². The smallest absolute Gasteiger partial charge is 0.195 e. The number of nitriles is 1. The van der Waals surface area contributed by atoms with Crippen LogP contribution in [0.3, 0.4) is 0 Å². The highest BCUT2D eigenvalue weighted by Crippen LogP contribution is 2.39. The third-order valence-electron chi connectivity index (χ3n) is 8.56. The SMILES string of the molecule is CCCCc1ccc([C@H]2CC[C@H](CCCC[C@H]3CC[C@H](CCC=C(F)C#N)CC3)CC2)cc1. The van der Waals surface area contributed by atoms with Crippen LogP contribution in [0.25, 0.3) is 0 Å². The van der Waals surface area contributed by atoms with E-state index in [0.717, 1.165) is 36.5 Å². The quantitative estimate of drug-likeness (QED) is 0.229. The Kier molecular flexibility index (Phi) is 11.5. The molecule has 0 heterocycles. The number of unbranched alkanes of at least 4 members (excludes halogenated alkanes) is 2. The van der Waals surface area contributed by atoms with E-state index >= 15 is 0 Å². The first kappa shape index (κ1) is 26.0. The summed E-state index contributed by atoms with van der Waals surface area (Å²) in [4.78, 5) is 0. The van der Waals surface area contributed by atoms with Crippen LogP contribution in [0, 0.1) is 29.1 Å². The lowest BCUT2D eigenvalue weighted by Crippen LogP contribution is -2.15. The maximum atomic E-state index is 12.9. The van der Waals surface area contributed by atoms with Crippen LogP contribution < -0.4 is 0 Å². The molecule has 0 aliphatic heterocycles. The summed E-state index contributed by atoms with van der Waals surface area (Å²) in [5.41, 5.74) is 3.08. The van der Waals surface area contributed by atoms with Crippen LogP contribution in [-0.2, 0) is 6.42 Å². The molecule has 1 aromatic carbocycles. The highest BCUT2D eigenvalue weighted by atomic mass is 19.1. The fourth-order valence-electron chi connectivity index (χ4n) is 6.29. The number of halogens is 1. The van der Waals surface area contributed by atoms with Gasteiger partial charge in [0.05, 0.1) is 0 Å². The van der Waals surface area contributed by atoms with E-state index < -0.39 is 5.83 Å². The third kappa shape index (κ3) is 9.27. The molecule has 2 aliphatic carbocycles. The van der Waals surface area contributed by atoms with Gasteiger partial charge in [-0.3, -0.25) is 0 Å². The van der Waals surface area contributed by atoms with Gasteiger partial charge in [-0.1, -0.05) is 89.0 Å². The standard InChI is InChI=1S/C31H46FN/c1-2-3-7-25-16-20-29(21-17-25)30-22-18-27(19-23-30)9-5-4-8-26-12-14-28(15-13-26)10-6-11-31(32)24-33/h11,16-17,20-21,26-28,30H,2-10,12-15,18-19,22-23H2,1H3/t26-,27-,28-,30-. The Morgan fingerprint density at radius 2 is 1.39 bits per heavy atom. The van der Waals surface area contributed by atoms with Gasteiger partial charge in [0, 0.05) is 0 Å². The largest absolute Gasteiger partial charge is 0.196 e. The molecule has 0 bridgehead atoms. The fraction of sp³-hybridized carbons (Fsp3) is 0.710. The summed E-state index contributed by atoms with van der Waals surface area (Å²) in [7, 11) is 0. The van der Waals surface area contributed by atoms with Crippen molar-refractivity contribution < 1.29 is 4.39 Å². The van der Waals surface area contributed by atoms with Crippen molar-refractivity contribution in [2.75, 3.05) is 0 Å². The molecule has 0 amide bonds. The van der Waals surface area contributed by atoms with E-state index in [1.54, 1.807) is 11.6 Å². The Morgan fingerprint density at radius 3 is 1.94 bits per heavy atom. The summed E-state index contributed by atoms with van der Waals surface area (Å²) in [5, 5.41) is 8.49. The van der Waals surface area contributed by atoms with Crippen LogP contribution in [-0.4, -0.2) is 0 Å². The molecule has 2 saturated carbocycles. The molecule has 0 spiro atoms. The topological polar surface area (TPSA) is 23.8 Å². The number of hydrogen-bond acceptors (Lipinski definition) is 1. The van der Waals surface area contributed by atoms with Crippen LogP contribution in [0.15, 0.2) is 36.2 Å². The molecule has 2 aliphatic rings. The molecule has 0 N–H and O–H groups in total. The maximum Gasteiger partial charge on any atom is 0.196 e. The highest BCUT2D eigenvalue weighted by Gasteiger charge is 2.23. The molecule has 33 heavy (non-hydrogen) atoms. The fourth-order valence-corrected chi connectivity index (χ4v) is 6.29. The van der Waals surface area contributed by atoms with Gasteiger partial charge >= 0.3 is 0 Å². The van der Waals surface area contributed by atoms with Crippen LogP contribution in [0.1, 0.15) is 127 Å². The minimum absolute atomic E-state index is 0.617. The summed E-state index contributed by atoms with van der Waals surface area (Å²) < 4.78 is 12.9. The van der Waals surface area contributed by atoms with Gasteiger partial charge in [0.15, 0.2) is 5.83 Å². The summed E-state index contributed by atoms with van der Waals surface area (Å²) in [6.07, 6.45) is 23.7. The van der Waals surface area contributed by atoms with Gasteiger partial charge in [0.2, 0.25) is 0 Å². The predicted molar refractivity (Wildman–Crippen MR) is 138 cm³/mol. The Bertz CT molecular complexity index is 727. The Hall–Kier alpha value is -1.62. The lowest BCUT2D eigenvalue weighted by molar-refractivity contribution is 0.244. The second-order valence-electron chi connectivity index (χ2n) is 11.0. The van der Waals surface area contributed by atoms with E-state index in [4.69, 9.17) is 5.26 Å². The molecule has 1 nitrogen and oxygen atoms in total. The molecule has 0 aromatic heterocycles. The first-order valence-electron chi connectivity index (χ1n) is 14.0. The number of allylic oxidation sites excluding steroid dienone is 2. The van der Waals surface area contributed by atoms with Crippen molar-refractivity contribution in [3.8, 4) is 6.07 Å². The van der Waals surface area contributed by atoms with Crippen molar-refractivity contribution in [3.05, 3.63) is 47.3 Å². The van der Waals surface area contributed by atoms with E-state index in [1.165, 1.54) is 108 Å². The van der Waals surface area contributed by atoms with Gasteiger partial charge in [-0.2, -0.15) is 9.65 Å². The van der Waals surface area contributed by atoms with Crippen molar-refractivity contribution >= 4 is 0 Å². The van der Waals surface area contributed by atoms with Crippen LogP contribution in [0.4, 0.5) is 4.39 Å². The van der Waals surface area contributed by atoms with Crippen molar-refractivity contribution in [1.82, 2.24) is 0 Å². The third-order valence-corrected chi connectivity index (χ3v) is 8.56. The van der Waals surface area contributed by atoms with E-state index in [1.807, 2.05) is 0 Å². The molecule has 3 rings (SSSR count). The van der Waals surface area contributed by atoms with E-state index in [2.05, 4.69) is 31.2 Å². The second kappa shape index (κ2) is 14.6. The molecule has 1 aromatic rings. The van der Waals surface area contributed by atoms with Crippen molar-refractivity contribution in [2.24, 2.45) is 17.8 Å². The van der Waals surface area contributed by atoms with E-state index in [9.17, 15) is 4.39 Å². The van der Waals surface area contributed by atoms with Gasteiger partial charge in [-0.15, -0.1) is 0 Å². The summed E-state index contributed by atoms with van der Waals surface area (Å²) in [5.74, 6) is 2.80. The summed E-state index contributed by atoms with van der Waals surface area (Å²) in [6.45, 7) is 2.27. The van der Waals surface area contributed by atoms with Crippen LogP contribution >= 0.6 is 0 Å². The number of benzene rings is 1. The minimum atomic E-state index is -0.617. The Morgan fingerprint density at radius 1 is 0.848 bits per heavy atom. The lowest BCUT2D eigenvalue weighted by atomic mass is 9.76. The molecule has 0 unspecified atom stereocenters. The Balaban J connectivity index is 1.23. The normalized spacial score (nSPS) is 26.2. The number of rotatable bonds is 12. The molecule has 0 radical (unpaired) electrons. The van der Waals surface area contributed by atoms with Gasteiger partial charge in [0.25, 0.3) is 0 Å². The number of hydrogen-bond donors (Lipinski definition) is 0. The molecule has 0 saturated heterocycles. The summed E-state index contributed by atoms with van der Waals surface area (Å²) in [6, 6.07) is 11.1. The first-order valence-corrected chi connectivity index (χ1v) is 14.0. The molecule has 2 fully saturated rings. The van der Waals surface area contributed by atoms with Crippen molar-refractivity contribution in [2.45, 2.75) is 122 Å². The van der Waals surface area contributed by atoms with Crippen molar-refractivity contribution in [3.63, 3.8) is 0 Å². The summed E-state index contributed by atoms with van der Waals surface area (Å²) >= 11 is 0. The van der Waals surface area contributed by atoms with Crippen LogP contribution in [0.2, 0.25) is 0 Å². The molecular formula is C31H46FN. The van der Waals surface area contributed by atoms with Gasteiger partial charge in [0.1, 0.15) is 6.07 Å². The van der Waals surface area contributed by atoms with Gasteiger partial charge in [-0.25, -0.2) is 0 Å². The van der Waals surface area contributed by atoms with Crippen molar-refractivity contribution in [1.29, 1.82) is 5.26 Å². The Labute approximate surface area is 202 Å². The second-order valence-corrected chi connectivity index (χ2v) is 11.0. The average molecular weight is 452 g/mol. The van der Waals surface area contributed by atoms with Crippen LogP contribution in [0.5, 0.6) is 0 Å². The average Bonchev–Trinajstić information content (AvgIpc) is 2.87. The molecule has 2 heteroatoms. The monoisotopic (exact) mass is 451 g/mol. The number of nitrogens with zero attached hydrogens (tertiary/aromatic N) is 1. The van der Waals surface area contributed by atoms with Gasteiger partial charge < -0.3 is 0 Å². The zero-order valence-corrected chi connectivity index (χ0v) is 21.0.